The average Bonchev–Trinajstić information content (AvgIpc) is 2.54. The molecule has 22 heavy (non-hydrogen) atoms. The van der Waals surface area contributed by atoms with Gasteiger partial charge in [0.1, 0.15) is 17.0 Å². The van der Waals surface area contributed by atoms with E-state index in [0.29, 0.717) is 17.9 Å². The van der Waals surface area contributed by atoms with E-state index in [9.17, 15) is 9.18 Å². The molecule has 0 saturated heterocycles. The third kappa shape index (κ3) is 2.44. The number of rotatable bonds is 3. The molecule has 1 unspecified atom stereocenters. The van der Waals surface area contributed by atoms with Gasteiger partial charge < -0.3 is 0 Å². The van der Waals surface area contributed by atoms with Crippen LogP contribution in [0, 0.1) is 5.82 Å². The fraction of sp³-hybridized carbons (Fsp3) is 0.176. The SMILES string of the molecule is CCn1c(-c2ccc(CP)cc2)nc2cccc(F)c2c1=O. The van der Waals surface area contributed by atoms with Crippen molar-refractivity contribution in [1.29, 1.82) is 0 Å². The zero-order chi connectivity index (χ0) is 15.7. The Morgan fingerprint density at radius 1 is 1.18 bits per heavy atom. The predicted octanol–water partition coefficient (Wildman–Crippen LogP) is 3.60. The molecular formula is C17H16FN2OP. The van der Waals surface area contributed by atoms with E-state index in [-0.39, 0.29) is 10.9 Å². The number of halogens is 1. The van der Waals surface area contributed by atoms with Crippen molar-refractivity contribution in [2.24, 2.45) is 0 Å². The minimum Gasteiger partial charge on any atom is -0.292 e. The van der Waals surface area contributed by atoms with Gasteiger partial charge in [-0.05, 0) is 30.8 Å². The lowest BCUT2D eigenvalue weighted by atomic mass is 10.1. The summed E-state index contributed by atoms with van der Waals surface area (Å²) < 4.78 is 15.5. The Hall–Kier alpha value is -2.06. The first-order chi connectivity index (χ1) is 10.7. The second-order valence-electron chi connectivity index (χ2n) is 5.02. The van der Waals surface area contributed by atoms with Crippen LogP contribution in [-0.4, -0.2) is 9.55 Å². The summed E-state index contributed by atoms with van der Waals surface area (Å²) in [7, 11) is 2.68. The maximum atomic E-state index is 13.9. The largest absolute Gasteiger partial charge is 0.292 e. The van der Waals surface area contributed by atoms with E-state index in [4.69, 9.17) is 0 Å². The molecule has 0 N–H and O–H groups in total. The maximum Gasteiger partial charge on any atom is 0.264 e. The van der Waals surface area contributed by atoms with Crippen LogP contribution >= 0.6 is 9.24 Å². The van der Waals surface area contributed by atoms with Gasteiger partial charge in [-0.3, -0.25) is 9.36 Å². The quantitative estimate of drug-likeness (QED) is 0.692. The Balaban J connectivity index is 2.31. The number of hydrogen-bond donors (Lipinski definition) is 0. The lowest BCUT2D eigenvalue weighted by Gasteiger charge is -2.12. The highest BCUT2D eigenvalue weighted by molar-refractivity contribution is 7.15. The van der Waals surface area contributed by atoms with Gasteiger partial charge in [-0.25, -0.2) is 9.37 Å². The molecule has 2 aromatic carbocycles. The van der Waals surface area contributed by atoms with Gasteiger partial charge in [-0.1, -0.05) is 30.3 Å². The highest BCUT2D eigenvalue weighted by atomic mass is 31.0. The molecule has 1 aromatic heterocycles. The number of benzene rings is 2. The van der Waals surface area contributed by atoms with Crippen molar-refractivity contribution in [3.8, 4) is 11.4 Å². The molecule has 0 radical (unpaired) electrons. The van der Waals surface area contributed by atoms with Crippen molar-refractivity contribution >= 4 is 20.1 Å². The monoisotopic (exact) mass is 314 g/mol. The minimum absolute atomic E-state index is 0.0506. The molecule has 112 valence electrons. The summed E-state index contributed by atoms with van der Waals surface area (Å²) in [6.07, 6.45) is 0.872. The third-order valence-electron chi connectivity index (χ3n) is 3.70. The van der Waals surface area contributed by atoms with Gasteiger partial charge in [-0.15, -0.1) is 9.24 Å². The van der Waals surface area contributed by atoms with Crippen LogP contribution in [0.25, 0.3) is 22.3 Å². The van der Waals surface area contributed by atoms with E-state index >= 15 is 0 Å². The highest BCUT2D eigenvalue weighted by Gasteiger charge is 2.14. The maximum absolute atomic E-state index is 13.9. The lowest BCUT2D eigenvalue weighted by Crippen LogP contribution is -2.23. The van der Waals surface area contributed by atoms with Crippen LogP contribution in [0.3, 0.4) is 0 Å². The molecule has 0 bridgehead atoms. The fourth-order valence-corrected chi connectivity index (χ4v) is 2.80. The van der Waals surface area contributed by atoms with Gasteiger partial charge in [0.05, 0.1) is 5.52 Å². The molecule has 0 aliphatic heterocycles. The van der Waals surface area contributed by atoms with Crippen molar-refractivity contribution in [3.63, 3.8) is 0 Å². The van der Waals surface area contributed by atoms with Gasteiger partial charge in [0.25, 0.3) is 5.56 Å². The van der Waals surface area contributed by atoms with Crippen LogP contribution in [0.15, 0.2) is 47.3 Å². The number of aromatic nitrogens is 2. The smallest absolute Gasteiger partial charge is 0.264 e. The summed E-state index contributed by atoms with van der Waals surface area (Å²) in [6, 6.07) is 12.4. The molecule has 0 aliphatic rings. The second kappa shape index (κ2) is 5.98. The van der Waals surface area contributed by atoms with E-state index in [2.05, 4.69) is 14.2 Å². The first kappa shape index (κ1) is 14.9. The summed E-state index contributed by atoms with van der Waals surface area (Å²) in [5, 5.41) is 0.0506. The first-order valence-corrected chi connectivity index (χ1v) is 7.95. The summed E-state index contributed by atoms with van der Waals surface area (Å²) in [5.41, 5.74) is 2.09. The summed E-state index contributed by atoms with van der Waals surface area (Å²) in [6.45, 7) is 2.30. The van der Waals surface area contributed by atoms with Crippen LogP contribution in [0.2, 0.25) is 0 Å². The van der Waals surface area contributed by atoms with E-state index < -0.39 is 5.82 Å². The molecule has 1 atom stereocenters. The molecule has 0 fully saturated rings. The third-order valence-corrected chi connectivity index (χ3v) is 4.17. The van der Waals surface area contributed by atoms with E-state index in [1.165, 1.54) is 16.2 Å². The normalized spacial score (nSPS) is 11.0. The van der Waals surface area contributed by atoms with Crippen molar-refractivity contribution < 1.29 is 4.39 Å². The summed E-state index contributed by atoms with van der Waals surface area (Å²) in [4.78, 5) is 17.1. The van der Waals surface area contributed by atoms with Gasteiger partial charge in [0, 0.05) is 12.1 Å². The van der Waals surface area contributed by atoms with Crippen LogP contribution in [0.5, 0.6) is 0 Å². The molecular weight excluding hydrogens is 298 g/mol. The molecule has 0 aliphatic carbocycles. The predicted molar refractivity (Wildman–Crippen MR) is 90.5 cm³/mol. The van der Waals surface area contributed by atoms with Gasteiger partial charge >= 0.3 is 0 Å². The number of hydrogen-bond acceptors (Lipinski definition) is 2. The zero-order valence-electron chi connectivity index (χ0n) is 12.2. The molecule has 3 aromatic rings. The van der Waals surface area contributed by atoms with E-state index in [1.54, 1.807) is 12.1 Å². The molecule has 3 rings (SSSR count). The van der Waals surface area contributed by atoms with Crippen molar-refractivity contribution in [3.05, 3.63) is 64.2 Å². The Labute approximate surface area is 130 Å². The molecule has 0 amide bonds. The van der Waals surface area contributed by atoms with Gasteiger partial charge in [0.15, 0.2) is 0 Å². The Kier molecular flexibility index (Phi) is 4.04. The second-order valence-corrected chi connectivity index (χ2v) is 5.43. The summed E-state index contributed by atoms with van der Waals surface area (Å²) in [5.74, 6) is 0.0445. The highest BCUT2D eigenvalue weighted by Crippen LogP contribution is 2.21. The molecule has 0 saturated carbocycles. The lowest BCUT2D eigenvalue weighted by molar-refractivity contribution is 0.633. The molecule has 3 nitrogen and oxygen atoms in total. The topological polar surface area (TPSA) is 34.9 Å². The van der Waals surface area contributed by atoms with Crippen LogP contribution in [0.1, 0.15) is 12.5 Å². The van der Waals surface area contributed by atoms with Gasteiger partial charge in [-0.2, -0.15) is 0 Å². The zero-order valence-corrected chi connectivity index (χ0v) is 13.4. The molecule has 0 spiro atoms. The standard InChI is InChI=1S/C17H16FN2OP/c1-2-20-16(12-8-6-11(10-22)7-9-12)19-14-5-3-4-13(18)15(14)17(20)21/h3-9H,2,10,22H2,1H3. The minimum atomic E-state index is -0.526. The van der Waals surface area contributed by atoms with Crippen LogP contribution in [-0.2, 0) is 12.7 Å². The summed E-state index contributed by atoms with van der Waals surface area (Å²) >= 11 is 0. The Morgan fingerprint density at radius 2 is 1.91 bits per heavy atom. The van der Waals surface area contributed by atoms with E-state index in [1.807, 2.05) is 31.2 Å². The molecule has 5 heteroatoms. The Morgan fingerprint density at radius 3 is 2.55 bits per heavy atom. The Bertz CT molecular complexity index is 888. The van der Waals surface area contributed by atoms with E-state index in [0.717, 1.165) is 11.7 Å². The average molecular weight is 314 g/mol. The number of fused-ring (bicyclic) bond motifs is 1. The van der Waals surface area contributed by atoms with Crippen molar-refractivity contribution in [2.75, 3.05) is 0 Å². The van der Waals surface area contributed by atoms with Crippen LogP contribution < -0.4 is 5.56 Å². The fourth-order valence-electron chi connectivity index (χ4n) is 2.53. The first-order valence-electron chi connectivity index (χ1n) is 7.14. The number of nitrogens with zero attached hydrogens (tertiary/aromatic N) is 2. The van der Waals surface area contributed by atoms with Gasteiger partial charge in [0.2, 0.25) is 0 Å². The van der Waals surface area contributed by atoms with Crippen LogP contribution in [0.4, 0.5) is 4.39 Å². The molecule has 1 heterocycles. The van der Waals surface area contributed by atoms with Crippen molar-refractivity contribution in [2.45, 2.75) is 19.6 Å². The van der Waals surface area contributed by atoms with Crippen molar-refractivity contribution in [1.82, 2.24) is 9.55 Å².